The molecule has 0 spiro atoms. The number of hydrogen-bond donors (Lipinski definition) is 2. The van der Waals surface area contributed by atoms with E-state index in [2.05, 4.69) is 10.6 Å². The molecule has 0 bridgehead atoms. The molecule has 0 fully saturated rings. The lowest BCUT2D eigenvalue weighted by Gasteiger charge is -2.39. The van der Waals surface area contributed by atoms with Gasteiger partial charge in [0.2, 0.25) is 11.8 Å². The van der Waals surface area contributed by atoms with Crippen LogP contribution in [-0.2, 0) is 9.59 Å². The van der Waals surface area contributed by atoms with Crippen LogP contribution in [0.1, 0.15) is 40.4 Å². The second-order valence-electron chi connectivity index (χ2n) is 7.58. The molecule has 3 amide bonds. The molecule has 156 valence electrons. The van der Waals surface area contributed by atoms with E-state index in [0.29, 0.717) is 22.5 Å². The fourth-order valence-corrected chi connectivity index (χ4v) is 4.08. The fraction of sp³-hybridized carbons (Fsp3) is 0.160. The van der Waals surface area contributed by atoms with Crippen LogP contribution in [0.4, 0.5) is 11.4 Å². The van der Waals surface area contributed by atoms with Gasteiger partial charge in [-0.2, -0.15) is 0 Å². The zero-order chi connectivity index (χ0) is 22.0. The van der Waals surface area contributed by atoms with Gasteiger partial charge in [-0.25, -0.2) is 0 Å². The van der Waals surface area contributed by atoms with Gasteiger partial charge in [0.25, 0.3) is 5.91 Å². The summed E-state index contributed by atoms with van der Waals surface area (Å²) >= 11 is 0. The van der Waals surface area contributed by atoms with E-state index in [1.54, 1.807) is 42.3 Å². The van der Waals surface area contributed by atoms with Crippen molar-refractivity contribution in [3.8, 4) is 0 Å². The van der Waals surface area contributed by atoms with Crippen molar-refractivity contribution in [3.63, 3.8) is 0 Å². The van der Waals surface area contributed by atoms with Gasteiger partial charge in [-0.3, -0.25) is 14.4 Å². The predicted octanol–water partition coefficient (Wildman–Crippen LogP) is 4.19. The fourth-order valence-electron chi connectivity index (χ4n) is 4.08. The maximum atomic E-state index is 13.5. The summed E-state index contributed by atoms with van der Waals surface area (Å²) in [6.07, 6.45) is 0. The molecule has 0 unspecified atom stereocenters. The van der Waals surface area contributed by atoms with Crippen LogP contribution in [0.2, 0.25) is 0 Å². The molecule has 6 nitrogen and oxygen atoms in total. The van der Waals surface area contributed by atoms with Crippen LogP contribution >= 0.6 is 0 Å². The number of nitrogens with zero attached hydrogens (tertiary/aromatic N) is 1. The van der Waals surface area contributed by atoms with Crippen LogP contribution in [0.3, 0.4) is 0 Å². The quantitative estimate of drug-likeness (QED) is 0.673. The Labute approximate surface area is 180 Å². The number of carbonyl (C=O) groups is 3. The maximum Gasteiger partial charge on any atom is 0.254 e. The maximum absolute atomic E-state index is 13.5. The molecule has 4 rings (SSSR count). The highest BCUT2D eigenvalue weighted by Crippen LogP contribution is 2.42. The zero-order valence-electron chi connectivity index (χ0n) is 17.3. The number of carbonyl (C=O) groups excluding carboxylic acids is 3. The molecule has 3 aromatic rings. The summed E-state index contributed by atoms with van der Waals surface area (Å²) in [4.78, 5) is 39.4. The SMILES string of the molecule is CC(=O)Nc1ccc(NC(=O)[C@@H]2c3ccccc3C(=O)N(C)[C@H]2c2ccccc2)cc1. The number of benzene rings is 3. The van der Waals surface area contributed by atoms with Crippen LogP contribution in [-0.4, -0.2) is 29.7 Å². The normalized spacial score (nSPS) is 17.6. The van der Waals surface area contributed by atoms with E-state index in [0.717, 1.165) is 5.56 Å². The summed E-state index contributed by atoms with van der Waals surface area (Å²) in [5.41, 5.74) is 3.42. The summed E-state index contributed by atoms with van der Waals surface area (Å²) in [6.45, 7) is 1.44. The standard InChI is InChI=1S/C25H23N3O3/c1-16(29)26-18-12-14-19(15-13-18)27-24(30)22-20-10-6-7-11-21(20)25(31)28(2)23(22)17-8-4-3-5-9-17/h3-15,22-23H,1-2H3,(H,26,29)(H,27,30)/t22-,23+/m1/s1. The Balaban J connectivity index is 1.70. The number of nitrogens with one attached hydrogen (secondary N) is 2. The Hall–Kier alpha value is -3.93. The van der Waals surface area contributed by atoms with Crippen molar-refractivity contribution in [3.05, 3.63) is 95.6 Å². The van der Waals surface area contributed by atoms with E-state index < -0.39 is 12.0 Å². The lowest BCUT2D eigenvalue weighted by atomic mass is 9.79. The van der Waals surface area contributed by atoms with Gasteiger partial charge >= 0.3 is 0 Å². The first kappa shape index (κ1) is 20.3. The molecule has 2 N–H and O–H groups in total. The van der Waals surface area contributed by atoms with Gasteiger partial charge in [0.05, 0.1) is 12.0 Å². The molecule has 0 radical (unpaired) electrons. The summed E-state index contributed by atoms with van der Waals surface area (Å²) in [5, 5.41) is 5.68. The second-order valence-corrected chi connectivity index (χ2v) is 7.58. The molecule has 1 heterocycles. The van der Waals surface area contributed by atoms with Gasteiger partial charge in [0.15, 0.2) is 0 Å². The lowest BCUT2D eigenvalue weighted by molar-refractivity contribution is -0.119. The number of amides is 3. The van der Waals surface area contributed by atoms with Crippen LogP contribution < -0.4 is 10.6 Å². The molecule has 0 aromatic heterocycles. The number of likely N-dealkylation sites (N-methyl/N-ethyl adjacent to an activating group) is 1. The third-order valence-corrected chi connectivity index (χ3v) is 5.48. The van der Waals surface area contributed by atoms with E-state index in [1.807, 2.05) is 48.5 Å². The van der Waals surface area contributed by atoms with E-state index in [1.165, 1.54) is 6.92 Å². The van der Waals surface area contributed by atoms with Gasteiger partial charge < -0.3 is 15.5 Å². The molecular weight excluding hydrogens is 390 g/mol. The van der Waals surface area contributed by atoms with Crippen molar-refractivity contribution in [1.29, 1.82) is 0 Å². The number of rotatable bonds is 4. The van der Waals surface area contributed by atoms with E-state index >= 15 is 0 Å². The summed E-state index contributed by atoms with van der Waals surface area (Å²) in [6, 6.07) is 23.4. The molecular formula is C25H23N3O3. The largest absolute Gasteiger partial charge is 0.334 e. The Morgan fingerprint density at radius 1 is 0.806 bits per heavy atom. The van der Waals surface area contributed by atoms with Crippen molar-refractivity contribution in [2.45, 2.75) is 18.9 Å². The van der Waals surface area contributed by atoms with Gasteiger partial charge in [0.1, 0.15) is 0 Å². The highest BCUT2D eigenvalue weighted by molar-refractivity contribution is 6.04. The van der Waals surface area contributed by atoms with Gasteiger partial charge in [-0.1, -0.05) is 48.5 Å². The molecule has 0 saturated heterocycles. The first-order valence-electron chi connectivity index (χ1n) is 10.1. The summed E-state index contributed by atoms with van der Waals surface area (Å²) < 4.78 is 0. The van der Waals surface area contributed by atoms with Gasteiger partial charge in [-0.05, 0) is 41.5 Å². The number of hydrogen-bond acceptors (Lipinski definition) is 3. The third-order valence-electron chi connectivity index (χ3n) is 5.48. The zero-order valence-corrected chi connectivity index (χ0v) is 17.3. The Morgan fingerprint density at radius 3 is 2.03 bits per heavy atom. The monoisotopic (exact) mass is 413 g/mol. The van der Waals surface area contributed by atoms with Crippen LogP contribution in [0.15, 0.2) is 78.9 Å². The lowest BCUT2D eigenvalue weighted by Crippen LogP contribution is -2.44. The number of anilines is 2. The second kappa shape index (κ2) is 8.44. The highest BCUT2D eigenvalue weighted by Gasteiger charge is 2.42. The minimum absolute atomic E-state index is 0.104. The topological polar surface area (TPSA) is 78.5 Å². The van der Waals surface area contributed by atoms with Gasteiger partial charge in [0, 0.05) is 30.9 Å². The molecule has 6 heteroatoms. The van der Waals surface area contributed by atoms with Crippen molar-refractivity contribution < 1.29 is 14.4 Å². The molecule has 31 heavy (non-hydrogen) atoms. The van der Waals surface area contributed by atoms with Crippen molar-refractivity contribution in [2.24, 2.45) is 0 Å². The smallest absolute Gasteiger partial charge is 0.254 e. The van der Waals surface area contributed by atoms with Crippen molar-refractivity contribution in [2.75, 3.05) is 17.7 Å². The minimum atomic E-state index is -0.573. The molecule has 0 saturated carbocycles. The average molecular weight is 413 g/mol. The first-order valence-corrected chi connectivity index (χ1v) is 10.1. The van der Waals surface area contributed by atoms with Crippen LogP contribution in [0.25, 0.3) is 0 Å². The molecule has 0 aliphatic carbocycles. The first-order chi connectivity index (χ1) is 15.0. The van der Waals surface area contributed by atoms with E-state index in [4.69, 9.17) is 0 Å². The predicted molar refractivity (Wildman–Crippen MR) is 120 cm³/mol. The van der Waals surface area contributed by atoms with E-state index in [9.17, 15) is 14.4 Å². The highest BCUT2D eigenvalue weighted by atomic mass is 16.2. The third kappa shape index (κ3) is 4.05. The minimum Gasteiger partial charge on any atom is -0.334 e. The Kier molecular flexibility index (Phi) is 5.54. The molecule has 2 atom stereocenters. The molecule has 1 aliphatic heterocycles. The van der Waals surface area contributed by atoms with Crippen LogP contribution in [0.5, 0.6) is 0 Å². The molecule has 3 aromatic carbocycles. The Morgan fingerprint density at radius 2 is 1.39 bits per heavy atom. The summed E-state index contributed by atoms with van der Waals surface area (Å²) in [7, 11) is 1.73. The summed E-state index contributed by atoms with van der Waals surface area (Å²) in [5.74, 6) is -1.04. The van der Waals surface area contributed by atoms with E-state index in [-0.39, 0.29) is 17.7 Å². The van der Waals surface area contributed by atoms with Crippen molar-refractivity contribution in [1.82, 2.24) is 4.90 Å². The Bertz CT molecular complexity index is 1130. The average Bonchev–Trinajstić information content (AvgIpc) is 2.77. The van der Waals surface area contributed by atoms with Crippen molar-refractivity contribution >= 4 is 29.1 Å². The van der Waals surface area contributed by atoms with Crippen LogP contribution in [0, 0.1) is 0 Å². The molecule has 1 aliphatic rings. The van der Waals surface area contributed by atoms with Gasteiger partial charge in [-0.15, -0.1) is 0 Å². The number of fused-ring (bicyclic) bond motifs is 1.